The second kappa shape index (κ2) is 20.8. The Morgan fingerprint density at radius 1 is 0.696 bits per heavy atom. The van der Waals surface area contributed by atoms with Gasteiger partial charge in [0.1, 0.15) is 0 Å². The first-order chi connectivity index (χ1) is 22.3. The molecule has 2 N–H and O–H groups in total. The molecule has 1 aliphatic carbocycles. The number of carbonyl (C=O) groups excluding carboxylic acids is 2. The molecule has 6 heteroatoms. The van der Waals surface area contributed by atoms with Crippen LogP contribution >= 0.6 is 0 Å². The summed E-state index contributed by atoms with van der Waals surface area (Å²) in [5, 5.41) is 18.2. The second-order valence-electron chi connectivity index (χ2n) is 13.1. The molecule has 0 bridgehead atoms. The highest BCUT2D eigenvalue weighted by Crippen LogP contribution is 2.34. The molecule has 1 saturated carbocycles. The molecule has 0 heterocycles. The van der Waals surface area contributed by atoms with E-state index in [9.17, 15) is 9.59 Å². The third-order valence-corrected chi connectivity index (χ3v) is 9.45. The van der Waals surface area contributed by atoms with E-state index in [4.69, 9.17) is 19.7 Å². The van der Waals surface area contributed by atoms with Crippen LogP contribution < -0.4 is 0 Å². The number of aliphatic hydroxyl groups excluding tert-OH is 2. The van der Waals surface area contributed by atoms with Gasteiger partial charge in [0.05, 0.1) is 37.6 Å². The molecule has 0 radical (unpaired) electrons. The summed E-state index contributed by atoms with van der Waals surface area (Å²) in [5.41, 5.74) is 5.10. The van der Waals surface area contributed by atoms with Crippen LogP contribution in [0.15, 0.2) is 72.8 Å². The van der Waals surface area contributed by atoms with Gasteiger partial charge in [-0.05, 0) is 66.2 Å². The predicted molar refractivity (Wildman–Crippen MR) is 185 cm³/mol. The lowest BCUT2D eigenvalue weighted by Gasteiger charge is -2.28. The number of rotatable bonds is 21. The van der Waals surface area contributed by atoms with Gasteiger partial charge in [-0.3, -0.25) is 0 Å². The van der Waals surface area contributed by atoms with Gasteiger partial charge in [0.2, 0.25) is 0 Å². The van der Waals surface area contributed by atoms with Crippen molar-refractivity contribution in [2.75, 3.05) is 26.4 Å². The number of aryl methyl sites for hydroxylation is 2. The highest BCUT2D eigenvalue weighted by atomic mass is 16.5. The Labute approximate surface area is 276 Å². The Bertz CT molecular complexity index is 1180. The lowest BCUT2D eigenvalue weighted by molar-refractivity contribution is -0.144. The van der Waals surface area contributed by atoms with Crippen molar-refractivity contribution in [3.8, 4) is 11.1 Å². The van der Waals surface area contributed by atoms with Crippen LogP contribution in [0.2, 0.25) is 0 Å². The maximum absolute atomic E-state index is 11.9. The zero-order chi connectivity index (χ0) is 33.1. The van der Waals surface area contributed by atoms with Crippen LogP contribution in [0.4, 0.5) is 0 Å². The van der Waals surface area contributed by atoms with Crippen molar-refractivity contribution in [1.29, 1.82) is 0 Å². The molecule has 46 heavy (non-hydrogen) atoms. The third kappa shape index (κ3) is 13.3. The van der Waals surface area contributed by atoms with E-state index in [2.05, 4.69) is 68.6 Å². The first kappa shape index (κ1) is 37.2. The molecular formula is C40H56O6. The van der Waals surface area contributed by atoms with Crippen molar-refractivity contribution in [3.05, 3.63) is 84.0 Å². The molecule has 6 nitrogen and oxygen atoms in total. The Kier molecular flexibility index (Phi) is 16.8. The minimum atomic E-state index is -0.668. The predicted octanol–water partition coefficient (Wildman–Crippen LogP) is 8.19. The molecule has 2 aromatic rings. The number of ether oxygens (including phenoxy) is 2. The zero-order valence-electron chi connectivity index (χ0n) is 28.0. The molecule has 1 fully saturated rings. The van der Waals surface area contributed by atoms with Crippen LogP contribution in [-0.2, 0) is 31.9 Å². The molecule has 252 valence electrons. The SMILES string of the molecule is C=C(CO)C(=O)OCC(CCCCc1ccc(-c2ccc(CCC3CCC(CCCCC)CC3)cc2)cc1)COC(=O)C(=C)CO. The molecule has 0 amide bonds. The Morgan fingerprint density at radius 3 is 1.65 bits per heavy atom. The van der Waals surface area contributed by atoms with E-state index in [1.807, 2.05) is 0 Å². The molecule has 0 unspecified atom stereocenters. The lowest BCUT2D eigenvalue weighted by atomic mass is 9.78. The number of hydrogen-bond donors (Lipinski definition) is 2. The van der Waals surface area contributed by atoms with Gasteiger partial charge in [0, 0.05) is 5.92 Å². The number of aliphatic hydroxyl groups is 2. The maximum atomic E-state index is 11.9. The van der Waals surface area contributed by atoms with Gasteiger partial charge in [0.25, 0.3) is 0 Å². The molecule has 0 spiro atoms. The quantitative estimate of drug-likeness (QED) is 0.0819. The fraction of sp³-hybridized carbons (Fsp3) is 0.550. The van der Waals surface area contributed by atoms with Gasteiger partial charge in [-0.1, -0.05) is 126 Å². The van der Waals surface area contributed by atoms with E-state index in [0.717, 1.165) is 31.1 Å². The van der Waals surface area contributed by atoms with Crippen LogP contribution in [0.25, 0.3) is 11.1 Å². The summed E-state index contributed by atoms with van der Waals surface area (Å²) in [6, 6.07) is 17.8. The fourth-order valence-electron chi connectivity index (χ4n) is 6.29. The smallest absolute Gasteiger partial charge is 0.335 e. The normalized spacial score (nSPS) is 16.3. The van der Waals surface area contributed by atoms with E-state index < -0.39 is 25.2 Å². The van der Waals surface area contributed by atoms with Gasteiger partial charge >= 0.3 is 11.9 Å². The fourth-order valence-corrected chi connectivity index (χ4v) is 6.29. The van der Waals surface area contributed by atoms with Crippen LogP contribution in [0.1, 0.15) is 95.1 Å². The molecule has 1 aliphatic rings. The number of benzene rings is 2. The van der Waals surface area contributed by atoms with Crippen LogP contribution in [0.3, 0.4) is 0 Å². The molecule has 0 saturated heterocycles. The summed E-state index contributed by atoms with van der Waals surface area (Å²) in [6.45, 7) is 8.40. The molecule has 0 aliphatic heterocycles. The van der Waals surface area contributed by atoms with Crippen molar-refractivity contribution < 1.29 is 29.3 Å². The van der Waals surface area contributed by atoms with Gasteiger partial charge < -0.3 is 19.7 Å². The van der Waals surface area contributed by atoms with Crippen molar-refractivity contribution in [3.63, 3.8) is 0 Å². The van der Waals surface area contributed by atoms with Crippen LogP contribution in [-0.4, -0.2) is 48.6 Å². The second-order valence-corrected chi connectivity index (χ2v) is 13.1. The van der Waals surface area contributed by atoms with E-state index in [1.54, 1.807) is 0 Å². The lowest BCUT2D eigenvalue weighted by Crippen LogP contribution is -2.23. The highest BCUT2D eigenvalue weighted by molar-refractivity contribution is 5.88. The summed E-state index contributed by atoms with van der Waals surface area (Å²) in [5.74, 6) is 0.321. The van der Waals surface area contributed by atoms with Gasteiger partial charge in [-0.2, -0.15) is 0 Å². The number of hydrogen-bond acceptors (Lipinski definition) is 6. The van der Waals surface area contributed by atoms with E-state index >= 15 is 0 Å². The summed E-state index contributed by atoms with van der Waals surface area (Å²) in [7, 11) is 0. The Morgan fingerprint density at radius 2 is 1.17 bits per heavy atom. The maximum Gasteiger partial charge on any atom is 0.335 e. The summed E-state index contributed by atoms with van der Waals surface area (Å²) >= 11 is 0. The zero-order valence-corrected chi connectivity index (χ0v) is 28.0. The molecule has 2 aromatic carbocycles. The topological polar surface area (TPSA) is 93.1 Å². The van der Waals surface area contributed by atoms with Crippen molar-refractivity contribution in [2.45, 2.75) is 96.8 Å². The van der Waals surface area contributed by atoms with E-state index in [0.29, 0.717) is 6.42 Å². The first-order valence-corrected chi connectivity index (χ1v) is 17.4. The van der Waals surface area contributed by atoms with Gasteiger partial charge in [-0.15, -0.1) is 0 Å². The number of unbranched alkanes of at least 4 members (excludes halogenated alkanes) is 3. The van der Waals surface area contributed by atoms with Crippen molar-refractivity contribution >= 4 is 11.9 Å². The largest absolute Gasteiger partial charge is 0.462 e. The summed E-state index contributed by atoms with van der Waals surface area (Å²) in [4.78, 5) is 23.9. The van der Waals surface area contributed by atoms with Gasteiger partial charge in [0.15, 0.2) is 0 Å². The molecule has 0 atom stereocenters. The summed E-state index contributed by atoms with van der Waals surface area (Å²) < 4.78 is 10.5. The monoisotopic (exact) mass is 632 g/mol. The molecule has 3 rings (SSSR count). The van der Waals surface area contributed by atoms with Crippen LogP contribution in [0, 0.1) is 17.8 Å². The minimum Gasteiger partial charge on any atom is -0.462 e. The minimum absolute atomic E-state index is 0.0237. The Hall–Kier alpha value is -3.22. The van der Waals surface area contributed by atoms with Crippen molar-refractivity contribution in [1.82, 2.24) is 0 Å². The standard InChI is InChI=1S/C40H56O6/c1-4-5-6-9-32-12-14-34(15-13-32)16-17-35-20-24-38(25-21-35)37-22-18-33(19-23-37)10-7-8-11-36(28-45-39(43)30(2)26-41)29-46-40(44)31(3)27-42/h18-25,32,34,36,41-42H,2-17,26-29H2,1H3. The van der Waals surface area contributed by atoms with Crippen molar-refractivity contribution in [2.24, 2.45) is 17.8 Å². The van der Waals surface area contributed by atoms with Crippen LogP contribution in [0.5, 0.6) is 0 Å². The number of esters is 2. The van der Waals surface area contributed by atoms with E-state index in [1.165, 1.54) is 86.5 Å². The highest BCUT2D eigenvalue weighted by Gasteiger charge is 2.21. The Balaban J connectivity index is 1.40. The average Bonchev–Trinajstić information content (AvgIpc) is 3.10. The number of carbonyl (C=O) groups is 2. The average molecular weight is 633 g/mol. The van der Waals surface area contributed by atoms with Gasteiger partial charge in [-0.25, -0.2) is 9.59 Å². The molecular weight excluding hydrogens is 576 g/mol. The third-order valence-electron chi connectivity index (χ3n) is 9.45. The molecule has 0 aromatic heterocycles. The summed E-state index contributed by atoms with van der Waals surface area (Å²) in [6.07, 6.45) is 17.1. The first-order valence-electron chi connectivity index (χ1n) is 17.4. The van der Waals surface area contributed by atoms with E-state index in [-0.39, 0.29) is 30.3 Å².